The number of thioether (sulfide) groups is 1. The molecule has 2 aromatic rings. The second kappa shape index (κ2) is 9.22. The number of ether oxygens (including phenoxy) is 2. The summed E-state index contributed by atoms with van der Waals surface area (Å²) in [5.74, 6) is 1.70. The van der Waals surface area contributed by atoms with Gasteiger partial charge in [-0.05, 0) is 36.3 Å². The second-order valence-corrected chi connectivity index (χ2v) is 9.68. The summed E-state index contributed by atoms with van der Waals surface area (Å²) in [5, 5.41) is 19.2. The zero-order valence-electron chi connectivity index (χ0n) is 18.0. The zero-order chi connectivity index (χ0) is 22.8. The molecule has 1 aliphatic heterocycles. The first-order valence-corrected chi connectivity index (χ1v) is 12.0. The Hall–Kier alpha value is -3.03. The van der Waals surface area contributed by atoms with Crippen LogP contribution in [0, 0.1) is 11.3 Å². The van der Waals surface area contributed by atoms with Crippen LogP contribution in [0.3, 0.4) is 0 Å². The molecule has 1 atom stereocenters. The van der Waals surface area contributed by atoms with Gasteiger partial charge in [0.25, 0.3) is 0 Å². The number of hydrogen-bond acceptors (Lipinski definition) is 10. The van der Waals surface area contributed by atoms with Crippen molar-refractivity contribution >= 4 is 34.0 Å². The van der Waals surface area contributed by atoms with Crippen molar-refractivity contribution in [2.45, 2.75) is 36.4 Å². The number of anilines is 1. The molecule has 166 valence electrons. The Morgan fingerprint density at radius 3 is 2.75 bits per heavy atom. The third kappa shape index (κ3) is 3.72. The molecule has 8 nitrogen and oxygen atoms in total. The predicted molar refractivity (Wildman–Crippen MR) is 124 cm³/mol. The van der Waals surface area contributed by atoms with Gasteiger partial charge in [0.05, 0.1) is 31.8 Å². The van der Waals surface area contributed by atoms with E-state index < -0.39 is 5.92 Å². The first-order chi connectivity index (χ1) is 15.5. The molecule has 2 N–H and O–H groups in total. The molecule has 10 heteroatoms. The summed E-state index contributed by atoms with van der Waals surface area (Å²) in [6.07, 6.45) is 1.82. The molecule has 0 saturated carbocycles. The maximum Gasteiger partial charge on any atom is 0.219 e. The maximum absolute atomic E-state index is 13.2. The topological polar surface area (TPSA) is 114 Å². The van der Waals surface area contributed by atoms with Gasteiger partial charge in [0.15, 0.2) is 21.6 Å². The number of nitrogens with zero attached hydrogens (tertiary/aromatic N) is 4. The predicted octanol–water partition coefficient (Wildman–Crippen LogP) is 3.97. The first kappa shape index (κ1) is 22.2. The number of nitrogens with two attached hydrogens (primary N) is 1. The monoisotopic (exact) mass is 469 g/mol. The molecular weight excluding hydrogens is 446 g/mol. The van der Waals surface area contributed by atoms with Crippen LogP contribution in [-0.4, -0.2) is 36.0 Å². The molecule has 4 rings (SSSR count). The molecule has 0 fully saturated rings. The minimum atomic E-state index is -0.573. The molecule has 0 spiro atoms. The highest BCUT2D eigenvalue weighted by atomic mass is 32.2. The molecule has 2 heterocycles. The number of hydrogen-bond donors (Lipinski definition) is 1. The van der Waals surface area contributed by atoms with Crippen molar-refractivity contribution in [1.82, 2.24) is 10.2 Å². The van der Waals surface area contributed by atoms with Crippen molar-refractivity contribution in [2.24, 2.45) is 5.73 Å². The normalized spacial score (nSPS) is 18.5. The number of methoxy groups -OCH3 is 2. The molecule has 1 aliphatic carbocycles. The Kier molecular flexibility index (Phi) is 6.39. The lowest BCUT2D eigenvalue weighted by Gasteiger charge is -2.38. The molecule has 0 radical (unpaired) electrons. The van der Waals surface area contributed by atoms with Crippen LogP contribution in [-0.2, 0) is 4.79 Å². The van der Waals surface area contributed by atoms with Crippen LogP contribution in [0.2, 0.25) is 0 Å². The molecule has 1 aromatic carbocycles. The lowest BCUT2D eigenvalue weighted by atomic mass is 9.75. The number of allylic oxidation sites excluding steroid dienone is 3. The molecular formula is C22H23N5O3S2. The van der Waals surface area contributed by atoms with E-state index >= 15 is 0 Å². The molecule has 0 saturated heterocycles. The smallest absolute Gasteiger partial charge is 0.219 e. The average Bonchev–Trinajstić information content (AvgIpc) is 3.26. The number of Topliss-reactive ketones (excluding diaryl/α,β-unsaturated/α-hetero) is 1. The van der Waals surface area contributed by atoms with E-state index in [-0.39, 0.29) is 11.6 Å². The molecule has 0 bridgehead atoms. The Bertz CT molecular complexity index is 1160. The quantitative estimate of drug-likeness (QED) is 0.627. The maximum atomic E-state index is 13.2. The standard InChI is InChI=1S/C22H23N5O3S2/c1-4-31-22-26-25-21(32-22)27-14-6-5-7-15(28)19(14)18(13(11-23)20(27)24)12-8-9-16(29-2)17(10-12)30-3/h8-10,18H,4-7,24H2,1-3H3. The summed E-state index contributed by atoms with van der Waals surface area (Å²) in [4.78, 5) is 14.9. The van der Waals surface area contributed by atoms with Gasteiger partial charge < -0.3 is 15.2 Å². The largest absolute Gasteiger partial charge is 0.493 e. The summed E-state index contributed by atoms with van der Waals surface area (Å²) in [7, 11) is 3.12. The summed E-state index contributed by atoms with van der Waals surface area (Å²) < 4.78 is 11.6. The fourth-order valence-electron chi connectivity index (χ4n) is 4.15. The molecule has 1 unspecified atom stereocenters. The van der Waals surface area contributed by atoms with Crippen LogP contribution >= 0.6 is 23.1 Å². The van der Waals surface area contributed by atoms with Crippen molar-refractivity contribution in [3.05, 3.63) is 46.4 Å². The Balaban J connectivity index is 1.90. The minimum Gasteiger partial charge on any atom is -0.493 e. The molecule has 0 amide bonds. The summed E-state index contributed by atoms with van der Waals surface area (Å²) in [6, 6.07) is 7.69. The van der Waals surface area contributed by atoms with Gasteiger partial charge in [-0.3, -0.25) is 9.69 Å². The fourth-order valence-corrected chi connectivity index (χ4v) is 5.92. The second-order valence-electron chi connectivity index (χ2n) is 7.21. The Labute approximate surface area is 194 Å². The van der Waals surface area contributed by atoms with E-state index in [1.165, 1.54) is 11.3 Å². The summed E-state index contributed by atoms with van der Waals surface area (Å²) in [5.41, 5.74) is 9.02. The van der Waals surface area contributed by atoms with E-state index in [0.717, 1.165) is 27.8 Å². The minimum absolute atomic E-state index is 0.0176. The SMILES string of the molecule is CCSc1nnc(N2C(N)=C(C#N)C(c3ccc(OC)c(OC)c3)C3=C2CCCC3=O)s1. The van der Waals surface area contributed by atoms with E-state index in [4.69, 9.17) is 15.2 Å². The first-order valence-electron chi connectivity index (χ1n) is 10.2. The van der Waals surface area contributed by atoms with E-state index in [1.54, 1.807) is 43.0 Å². The van der Waals surface area contributed by atoms with Crippen molar-refractivity contribution < 1.29 is 14.3 Å². The number of rotatable bonds is 6. The number of benzene rings is 1. The number of aromatic nitrogens is 2. The molecule has 2 aliphatic rings. The van der Waals surface area contributed by atoms with Crippen LogP contribution < -0.4 is 20.1 Å². The number of nitriles is 1. The number of carbonyl (C=O) groups is 1. The van der Waals surface area contributed by atoms with Gasteiger partial charge in [-0.25, -0.2) is 0 Å². The zero-order valence-corrected chi connectivity index (χ0v) is 19.7. The van der Waals surface area contributed by atoms with Crippen molar-refractivity contribution in [3.8, 4) is 17.6 Å². The van der Waals surface area contributed by atoms with Crippen molar-refractivity contribution in [1.29, 1.82) is 5.26 Å². The lowest BCUT2D eigenvalue weighted by molar-refractivity contribution is -0.116. The van der Waals surface area contributed by atoms with E-state index in [2.05, 4.69) is 16.3 Å². The van der Waals surface area contributed by atoms with Crippen LogP contribution in [0.15, 0.2) is 45.2 Å². The third-order valence-corrected chi connectivity index (χ3v) is 7.43. The van der Waals surface area contributed by atoms with Gasteiger partial charge in [0.2, 0.25) is 5.13 Å². The van der Waals surface area contributed by atoms with E-state index in [1.807, 2.05) is 13.0 Å². The van der Waals surface area contributed by atoms with Gasteiger partial charge in [-0.15, -0.1) is 10.2 Å². The Morgan fingerprint density at radius 1 is 1.28 bits per heavy atom. The average molecular weight is 470 g/mol. The van der Waals surface area contributed by atoms with Crippen molar-refractivity contribution in [3.63, 3.8) is 0 Å². The molecule has 32 heavy (non-hydrogen) atoms. The highest BCUT2D eigenvalue weighted by molar-refractivity contribution is 8.01. The highest BCUT2D eigenvalue weighted by Gasteiger charge is 2.41. The van der Waals surface area contributed by atoms with Gasteiger partial charge in [0.1, 0.15) is 5.82 Å². The fraction of sp³-hybridized carbons (Fsp3) is 0.364. The van der Waals surface area contributed by atoms with Gasteiger partial charge in [0, 0.05) is 17.7 Å². The van der Waals surface area contributed by atoms with Crippen LogP contribution in [0.5, 0.6) is 11.5 Å². The van der Waals surface area contributed by atoms with Crippen LogP contribution in [0.25, 0.3) is 0 Å². The number of ketones is 1. The lowest BCUT2D eigenvalue weighted by Crippen LogP contribution is -2.38. The van der Waals surface area contributed by atoms with Crippen LogP contribution in [0.4, 0.5) is 5.13 Å². The van der Waals surface area contributed by atoms with E-state index in [9.17, 15) is 10.1 Å². The summed E-state index contributed by atoms with van der Waals surface area (Å²) >= 11 is 3.00. The van der Waals surface area contributed by atoms with Crippen molar-refractivity contribution in [2.75, 3.05) is 24.9 Å². The van der Waals surface area contributed by atoms with Crippen LogP contribution in [0.1, 0.15) is 37.7 Å². The van der Waals surface area contributed by atoms with Gasteiger partial charge in [-0.1, -0.05) is 36.1 Å². The number of carbonyl (C=O) groups excluding carboxylic acids is 1. The Morgan fingerprint density at radius 2 is 2.06 bits per heavy atom. The van der Waals surface area contributed by atoms with E-state index in [0.29, 0.717) is 40.6 Å². The third-order valence-electron chi connectivity index (χ3n) is 5.51. The van der Waals surface area contributed by atoms with Gasteiger partial charge in [-0.2, -0.15) is 5.26 Å². The summed E-state index contributed by atoms with van der Waals surface area (Å²) in [6.45, 7) is 2.04. The van der Waals surface area contributed by atoms with Gasteiger partial charge >= 0.3 is 0 Å². The highest BCUT2D eigenvalue weighted by Crippen LogP contribution is 2.48. The molecule has 1 aromatic heterocycles.